The summed E-state index contributed by atoms with van der Waals surface area (Å²) < 4.78 is 1.10. The quantitative estimate of drug-likeness (QED) is 0.477. The van der Waals surface area contributed by atoms with Crippen molar-refractivity contribution in [3.8, 4) is 0 Å². The van der Waals surface area contributed by atoms with Crippen molar-refractivity contribution in [2.75, 3.05) is 5.75 Å². The van der Waals surface area contributed by atoms with Crippen molar-refractivity contribution in [2.24, 2.45) is 5.84 Å². The summed E-state index contributed by atoms with van der Waals surface area (Å²) in [7, 11) is 0. The molecule has 0 aliphatic rings. The molecular weight excluding hydrogens is 332 g/mol. The molecule has 0 amide bonds. The van der Waals surface area contributed by atoms with Gasteiger partial charge in [0.1, 0.15) is 0 Å². The maximum atomic E-state index is 5.74. The Morgan fingerprint density at radius 2 is 1.85 bits per heavy atom. The molecule has 106 valence electrons. The first-order chi connectivity index (χ1) is 9.60. The number of rotatable bonds is 5. The summed E-state index contributed by atoms with van der Waals surface area (Å²) >= 11 is 5.26. The Bertz CT molecular complexity index is 569. The normalized spacial score (nSPS) is 12.4. The summed E-state index contributed by atoms with van der Waals surface area (Å²) in [4.78, 5) is 1.25. The van der Waals surface area contributed by atoms with Crippen LogP contribution in [-0.2, 0) is 0 Å². The molecule has 1 atom stereocenters. The number of benzene rings is 2. The van der Waals surface area contributed by atoms with E-state index in [2.05, 4.69) is 77.7 Å². The van der Waals surface area contributed by atoms with Gasteiger partial charge >= 0.3 is 0 Å². The van der Waals surface area contributed by atoms with Crippen LogP contribution in [0.4, 0.5) is 0 Å². The summed E-state index contributed by atoms with van der Waals surface area (Å²) in [5, 5.41) is 0. The van der Waals surface area contributed by atoms with Gasteiger partial charge in [0, 0.05) is 15.1 Å². The lowest BCUT2D eigenvalue weighted by Gasteiger charge is -2.19. The maximum absolute atomic E-state index is 5.74. The minimum atomic E-state index is 0.156. The van der Waals surface area contributed by atoms with E-state index in [4.69, 9.17) is 5.84 Å². The third-order valence-corrected chi connectivity index (χ3v) is 4.88. The van der Waals surface area contributed by atoms with Gasteiger partial charge in [-0.3, -0.25) is 11.3 Å². The highest BCUT2D eigenvalue weighted by Crippen LogP contribution is 2.27. The van der Waals surface area contributed by atoms with Crippen LogP contribution in [0.2, 0.25) is 0 Å². The first kappa shape index (κ1) is 15.6. The second-order valence-electron chi connectivity index (χ2n) is 4.84. The van der Waals surface area contributed by atoms with Crippen molar-refractivity contribution < 1.29 is 0 Å². The van der Waals surface area contributed by atoms with Gasteiger partial charge < -0.3 is 0 Å². The van der Waals surface area contributed by atoms with Gasteiger partial charge in [-0.1, -0.05) is 39.7 Å². The standard InChI is InChI=1S/C16H19BrN2S/c1-11-3-4-12(2)15(9-11)16(19-18)10-20-14-7-5-13(17)6-8-14/h3-9,16,19H,10,18H2,1-2H3. The zero-order valence-corrected chi connectivity index (χ0v) is 14.1. The smallest absolute Gasteiger partial charge is 0.0556 e. The topological polar surface area (TPSA) is 38.0 Å². The summed E-state index contributed by atoms with van der Waals surface area (Å²) in [5.74, 6) is 6.65. The van der Waals surface area contributed by atoms with Gasteiger partial charge in [0.2, 0.25) is 0 Å². The highest BCUT2D eigenvalue weighted by atomic mass is 79.9. The first-order valence-electron chi connectivity index (χ1n) is 6.52. The van der Waals surface area contributed by atoms with E-state index in [0.29, 0.717) is 0 Å². The predicted octanol–water partition coefficient (Wildman–Crippen LogP) is 4.36. The van der Waals surface area contributed by atoms with Gasteiger partial charge in [-0.2, -0.15) is 0 Å². The summed E-state index contributed by atoms with van der Waals surface area (Å²) in [5.41, 5.74) is 6.75. The SMILES string of the molecule is Cc1ccc(C)c(C(CSc2ccc(Br)cc2)NN)c1. The molecule has 0 bridgehead atoms. The van der Waals surface area contributed by atoms with Crippen molar-refractivity contribution in [1.82, 2.24) is 5.43 Å². The molecule has 3 N–H and O–H groups in total. The van der Waals surface area contributed by atoms with Gasteiger partial charge in [-0.25, -0.2) is 0 Å². The maximum Gasteiger partial charge on any atom is 0.0556 e. The van der Waals surface area contributed by atoms with Crippen LogP contribution < -0.4 is 11.3 Å². The Labute approximate surface area is 133 Å². The Kier molecular flexibility index (Phi) is 5.66. The number of hydrogen-bond acceptors (Lipinski definition) is 3. The van der Waals surface area contributed by atoms with Gasteiger partial charge in [0.05, 0.1) is 6.04 Å². The lowest BCUT2D eigenvalue weighted by atomic mass is 10.0. The molecule has 0 radical (unpaired) electrons. The zero-order valence-electron chi connectivity index (χ0n) is 11.7. The molecule has 1 unspecified atom stereocenters. The van der Waals surface area contributed by atoms with Crippen LogP contribution >= 0.6 is 27.7 Å². The Morgan fingerprint density at radius 1 is 1.15 bits per heavy atom. The fraction of sp³-hybridized carbons (Fsp3) is 0.250. The molecule has 2 nitrogen and oxygen atoms in total. The van der Waals surface area contributed by atoms with Crippen LogP contribution in [0.3, 0.4) is 0 Å². The lowest BCUT2D eigenvalue weighted by molar-refractivity contribution is 0.607. The van der Waals surface area contributed by atoms with Crippen molar-refractivity contribution in [3.63, 3.8) is 0 Å². The molecule has 0 saturated carbocycles. The van der Waals surface area contributed by atoms with Crippen LogP contribution in [0, 0.1) is 13.8 Å². The molecule has 0 saturated heterocycles. The molecule has 2 aromatic carbocycles. The molecular formula is C16H19BrN2S. The molecule has 0 aromatic heterocycles. The fourth-order valence-electron chi connectivity index (χ4n) is 2.07. The largest absolute Gasteiger partial charge is 0.271 e. The second-order valence-corrected chi connectivity index (χ2v) is 6.85. The number of nitrogens with two attached hydrogens (primary N) is 1. The third-order valence-electron chi connectivity index (χ3n) is 3.24. The number of aryl methyl sites for hydroxylation is 2. The van der Waals surface area contributed by atoms with Crippen molar-refractivity contribution in [3.05, 3.63) is 63.6 Å². The van der Waals surface area contributed by atoms with Crippen LogP contribution in [0.5, 0.6) is 0 Å². The van der Waals surface area contributed by atoms with E-state index in [9.17, 15) is 0 Å². The summed E-state index contributed by atoms with van der Waals surface area (Å²) in [6, 6.07) is 15.0. The van der Waals surface area contributed by atoms with E-state index in [1.54, 1.807) is 0 Å². The highest BCUT2D eigenvalue weighted by molar-refractivity contribution is 9.10. The van der Waals surface area contributed by atoms with Crippen LogP contribution in [0.25, 0.3) is 0 Å². The van der Waals surface area contributed by atoms with Crippen molar-refractivity contribution in [2.45, 2.75) is 24.8 Å². The van der Waals surface area contributed by atoms with E-state index < -0.39 is 0 Å². The van der Waals surface area contributed by atoms with Gasteiger partial charge in [-0.05, 0) is 49.2 Å². The Balaban J connectivity index is 2.09. The number of nitrogens with one attached hydrogen (secondary N) is 1. The molecule has 20 heavy (non-hydrogen) atoms. The number of thioether (sulfide) groups is 1. The predicted molar refractivity (Wildman–Crippen MR) is 90.8 cm³/mol. The van der Waals surface area contributed by atoms with E-state index in [0.717, 1.165) is 10.2 Å². The monoisotopic (exact) mass is 350 g/mol. The number of hydrazine groups is 1. The van der Waals surface area contributed by atoms with Gasteiger partial charge in [0.15, 0.2) is 0 Å². The van der Waals surface area contributed by atoms with E-state index >= 15 is 0 Å². The van der Waals surface area contributed by atoms with Crippen LogP contribution in [0.15, 0.2) is 51.8 Å². The number of halogens is 1. The Morgan fingerprint density at radius 3 is 2.50 bits per heavy atom. The summed E-state index contributed by atoms with van der Waals surface area (Å²) in [6.07, 6.45) is 0. The molecule has 2 rings (SSSR count). The molecule has 0 aliphatic carbocycles. The van der Waals surface area contributed by atoms with E-state index in [-0.39, 0.29) is 6.04 Å². The Hall–Kier alpha value is -0.810. The van der Waals surface area contributed by atoms with Crippen molar-refractivity contribution >= 4 is 27.7 Å². The number of hydrogen-bond donors (Lipinski definition) is 2. The average molecular weight is 351 g/mol. The lowest BCUT2D eigenvalue weighted by Crippen LogP contribution is -2.30. The second kappa shape index (κ2) is 7.27. The average Bonchev–Trinajstić information content (AvgIpc) is 2.45. The minimum absolute atomic E-state index is 0.156. The van der Waals surface area contributed by atoms with Crippen LogP contribution in [-0.4, -0.2) is 5.75 Å². The van der Waals surface area contributed by atoms with Gasteiger partial charge in [0.25, 0.3) is 0 Å². The molecule has 0 aliphatic heterocycles. The molecule has 2 aromatic rings. The van der Waals surface area contributed by atoms with Gasteiger partial charge in [-0.15, -0.1) is 11.8 Å². The summed E-state index contributed by atoms with van der Waals surface area (Å²) in [6.45, 7) is 4.24. The molecule has 0 spiro atoms. The van der Waals surface area contributed by atoms with Crippen molar-refractivity contribution in [1.29, 1.82) is 0 Å². The molecule has 0 heterocycles. The minimum Gasteiger partial charge on any atom is -0.271 e. The highest BCUT2D eigenvalue weighted by Gasteiger charge is 2.13. The molecule has 0 fully saturated rings. The molecule has 4 heteroatoms. The fourth-order valence-corrected chi connectivity index (χ4v) is 3.30. The van der Waals surface area contributed by atoms with E-state index in [1.807, 2.05) is 11.8 Å². The zero-order chi connectivity index (χ0) is 14.5. The van der Waals surface area contributed by atoms with E-state index in [1.165, 1.54) is 21.6 Å². The first-order valence-corrected chi connectivity index (χ1v) is 8.29. The van der Waals surface area contributed by atoms with Crippen LogP contribution in [0.1, 0.15) is 22.7 Å². The third kappa shape index (κ3) is 4.09.